The van der Waals surface area contributed by atoms with Gasteiger partial charge in [-0.05, 0) is 37.1 Å². The van der Waals surface area contributed by atoms with Gasteiger partial charge in [-0.15, -0.1) is 0 Å². The van der Waals surface area contributed by atoms with Gasteiger partial charge in [-0.2, -0.15) is 0 Å². The summed E-state index contributed by atoms with van der Waals surface area (Å²) < 4.78 is 5.34. The van der Waals surface area contributed by atoms with Gasteiger partial charge in [-0.3, -0.25) is 4.79 Å². The number of carbonyl (C=O) groups excluding carboxylic acids is 1. The molecule has 1 fully saturated rings. The smallest absolute Gasteiger partial charge is 0.258 e. The first kappa shape index (κ1) is 15.1. The lowest BCUT2D eigenvalue weighted by Crippen LogP contribution is -2.45. The van der Waals surface area contributed by atoms with Gasteiger partial charge in [-0.1, -0.05) is 30.9 Å². The van der Waals surface area contributed by atoms with E-state index in [0.717, 1.165) is 32.1 Å². The second kappa shape index (κ2) is 6.95. The van der Waals surface area contributed by atoms with E-state index in [-0.39, 0.29) is 12.5 Å². The fourth-order valence-electron chi connectivity index (χ4n) is 2.38. The van der Waals surface area contributed by atoms with Crippen molar-refractivity contribution in [3.05, 3.63) is 29.3 Å². The van der Waals surface area contributed by atoms with Gasteiger partial charge in [0.15, 0.2) is 6.61 Å². The summed E-state index contributed by atoms with van der Waals surface area (Å²) in [5.41, 5.74) is -0.742. The third-order valence-electron chi connectivity index (χ3n) is 3.58. The summed E-state index contributed by atoms with van der Waals surface area (Å²) in [6, 6.07) is 6.84. The number of ether oxygens (including phenoxy) is 1. The third kappa shape index (κ3) is 4.69. The van der Waals surface area contributed by atoms with Crippen LogP contribution in [0.25, 0.3) is 0 Å². The summed E-state index contributed by atoms with van der Waals surface area (Å²) >= 11 is 5.76. The topological polar surface area (TPSA) is 58.6 Å². The van der Waals surface area contributed by atoms with Crippen LogP contribution in [0.5, 0.6) is 5.75 Å². The molecule has 0 heterocycles. The molecule has 1 aliphatic carbocycles. The number of halogens is 1. The zero-order chi connectivity index (χ0) is 14.4. The minimum atomic E-state index is -0.742. The van der Waals surface area contributed by atoms with E-state index in [4.69, 9.17) is 16.3 Å². The molecule has 0 atom stereocenters. The maximum Gasteiger partial charge on any atom is 0.258 e. The Hall–Kier alpha value is -1.26. The van der Waals surface area contributed by atoms with Crippen LogP contribution in [0.4, 0.5) is 0 Å². The monoisotopic (exact) mass is 297 g/mol. The molecule has 4 nitrogen and oxygen atoms in total. The molecule has 0 unspecified atom stereocenters. The second-order valence-electron chi connectivity index (χ2n) is 5.30. The van der Waals surface area contributed by atoms with E-state index in [2.05, 4.69) is 5.32 Å². The van der Waals surface area contributed by atoms with E-state index in [1.807, 2.05) is 0 Å². The molecule has 0 aromatic heterocycles. The Balaban J connectivity index is 1.71. The largest absolute Gasteiger partial charge is 0.484 e. The van der Waals surface area contributed by atoms with Crippen LogP contribution in [-0.2, 0) is 4.79 Å². The highest BCUT2D eigenvalue weighted by Crippen LogP contribution is 2.27. The van der Waals surface area contributed by atoms with Crippen LogP contribution in [0.15, 0.2) is 24.3 Å². The van der Waals surface area contributed by atoms with E-state index in [0.29, 0.717) is 17.3 Å². The van der Waals surface area contributed by atoms with E-state index in [1.54, 1.807) is 24.3 Å². The van der Waals surface area contributed by atoms with Crippen molar-refractivity contribution in [2.45, 2.75) is 37.7 Å². The molecule has 0 aliphatic heterocycles. The highest BCUT2D eigenvalue weighted by molar-refractivity contribution is 6.30. The molecule has 2 N–H and O–H groups in total. The Kier molecular flexibility index (Phi) is 5.26. The molecular formula is C15H20ClNO3. The molecule has 1 amide bonds. The predicted octanol–water partition coefficient (Wildman–Crippen LogP) is 2.53. The number of amides is 1. The number of benzene rings is 1. The zero-order valence-corrected chi connectivity index (χ0v) is 12.2. The maximum atomic E-state index is 11.7. The van der Waals surface area contributed by atoms with E-state index >= 15 is 0 Å². The van der Waals surface area contributed by atoms with Gasteiger partial charge in [0.2, 0.25) is 0 Å². The number of carbonyl (C=O) groups is 1. The number of rotatable bonds is 5. The SMILES string of the molecule is O=C(COc1ccc(Cl)cc1)NCC1(O)CCCCC1. The van der Waals surface area contributed by atoms with Crippen LogP contribution in [0.3, 0.4) is 0 Å². The number of aliphatic hydroxyl groups is 1. The van der Waals surface area contributed by atoms with E-state index in [9.17, 15) is 9.90 Å². The van der Waals surface area contributed by atoms with Crippen molar-refractivity contribution in [2.24, 2.45) is 0 Å². The average Bonchev–Trinajstić information content (AvgIpc) is 2.45. The minimum absolute atomic E-state index is 0.0578. The van der Waals surface area contributed by atoms with Crippen molar-refractivity contribution >= 4 is 17.5 Å². The van der Waals surface area contributed by atoms with Gasteiger partial charge >= 0.3 is 0 Å². The van der Waals surface area contributed by atoms with Gasteiger partial charge in [0.05, 0.1) is 5.60 Å². The number of hydrogen-bond acceptors (Lipinski definition) is 3. The summed E-state index contributed by atoms with van der Waals surface area (Å²) in [6.07, 6.45) is 4.72. The Bertz CT molecular complexity index is 441. The summed E-state index contributed by atoms with van der Waals surface area (Å²) in [4.78, 5) is 11.7. The van der Waals surface area contributed by atoms with Crippen LogP contribution >= 0.6 is 11.6 Å². The fourth-order valence-corrected chi connectivity index (χ4v) is 2.51. The molecule has 110 valence electrons. The lowest BCUT2D eigenvalue weighted by Gasteiger charge is -2.32. The van der Waals surface area contributed by atoms with Crippen LogP contribution in [-0.4, -0.2) is 29.8 Å². The van der Waals surface area contributed by atoms with Crippen molar-refractivity contribution < 1.29 is 14.6 Å². The molecule has 0 bridgehead atoms. The quantitative estimate of drug-likeness (QED) is 0.878. The van der Waals surface area contributed by atoms with Crippen LogP contribution in [0, 0.1) is 0 Å². The summed E-state index contributed by atoms with van der Waals surface area (Å²) in [6.45, 7) is 0.244. The predicted molar refractivity (Wildman–Crippen MR) is 78.0 cm³/mol. The van der Waals surface area contributed by atoms with E-state index < -0.39 is 5.60 Å². The molecule has 1 saturated carbocycles. The van der Waals surface area contributed by atoms with Crippen molar-refractivity contribution in [3.8, 4) is 5.75 Å². The molecule has 0 spiro atoms. The molecule has 1 aromatic rings. The van der Waals surface area contributed by atoms with Crippen LogP contribution < -0.4 is 10.1 Å². The summed E-state index contributed by atoms with van der Waals surface area (Å²) in [7, 11) is 0. The minimum Gasteiger partial charge on any atom is -0.484 e. The van der Waals surface area contributed by atoms with Gasteiger partial charge in [-0.25, -0.2) is 0 Å². The first-order valence-electron chi connectivity index (χ1n) is 6.95. The molecule has 5 heteroatoms. The Morgan fingerprint density at radius 3 is 2.55 bits per heavy atom. The Labute approximate surface area is 124 Å². The number of nitrogens with one attached hydrogen (secondary N) is 1. The third-order valence-corrected chi connectivity index (χ3v) is 3.83. The van der Waals surface area contributed by atoms with Crippen molar-refractivity contribution in [3.63, 3.8) is 0 Å². The standard InChI is InChI=1S/C15H20ClNO3/c16-12-4-6-13(7-5-12)20-10-14(18)17-11-15(19)8-2-1-3-9-15/h4-7,19H,1-3,8-11H2,(H,17,18). The molecule has 2 rings (SSSR count). The van der Waals surface area contributed by atoms with Gasteiger partial charge in [0.25, 0.3) is 5.91 Å². The van der Waals surface area contributed by atoms with Crippen molar-refractivity contribution in [1.82, 2.24) is 5.32 Å². The van der Waals surface area contributed by atoms with Gasteiger partial charge in [0.1, 0.15) is 5.75 Å². The van der Waals surface area contributed by atoms with Crippen LogP contribution in [0.1, 0.15) is 32.1 Å². The maximum absolute atomic E-state index is 11.7. The highest BCUT2D eigenvalue weighted by Gasteiger charge is 2.29. The molecule has 1 aromatic carbocycles. The number of hydrogen-bond donors (Lipinski definition) is 2. The molecular weight excluding hydrogens is 278 g/mol. The molecule has 1 aliphatic rings. The van der Waals surface area contributed by atoms with Crippen molar-refractivity contribution in [2.75, 3.05) is 13.2 Å². The first-order chi connectivity index (χ1) is 9.57. The Morgan fingerprint density at radius 2 is 1.90 bits per heavy atom. The fraction of sp³-hybridized carbons (Fsp3) is 0.533. The summed E-state index contributed by atoms with van der Waals surface area (Å²) in [5, 5.41) is 13.6. The normalized spacial score (nSPS) is 17.5. The lowest BCUT2D eigenvalue weighted by molar-refractivity contribution is -0.124. The molecule has 0 radical (unpaired) electrons. The zero-order valence-electron chi connectivity index (χ0n) is 11.4. The first-order valence-corrected chi connectivity index (χ1v) is 7.33. The molecule has 0 saturated heterocycles. The van der Waals surface area contributed by atoms with E-state index in [1.165, 1.54) is 0 Å². The second-order valence-corrected chi connectivity index (χ2v) is 5.74. The van der Waals surface area contributed by atoms with Gasteiger partial charge < -0.3 is 15.2 Å². The Morgan fingerprint density at radius 1 is 1.25 bits per heavy atom. The summed E-state index contributed by atoms with van der Waals surface area (Å²) in [5.74, 6) is 0.375. The van der Waals surface area contributed by atoms with Crippen molar-refractivity contribution in [1.29, 1.82) is 0 Å². The lowest BCUT2D eigenvalue weighted by atomic mass is 9.85. The highest BCUT2D eigenvalue weighted by atomic mass is 35.5. The van der Waals surface area contributed by atoms with Gasteiger partial charge in [0, 0.05) is 11.6 Å². The van der Waals surface area contributed by atoms with Crippen LogP contribution in [0.2, 0.25) is 5.02 Å². The molecule has 20 heavy (non-hydrogen) atoms. The average molecular weight is 298 g/mol.